The molecule has 0 aromatic heterocycles. The van der Waals surface area contributed by atoms with Gasteiger partial charge in [0.05, 0.1) is 7.11 Å². The predicted octanol–water partition coefficient (Wildman–Crippen LogP) is 0.743. The molecule has 0 atom stereocenters. The van der Waals surface area contributed by atoms with Gasteiger partial charge >= 0.3 is 5.97 Å². The number of carbonyl (C=O) groups excluding carboxylic acids is 1. The molecule has 0 saturated carbocycles. The number of hydrogen-bond donors (Lipinski definition) is 1. The number of rotatable bonds is 4. The lowest BCUT2D eigenvalue weighted by Gasteiger charge is -2.04. The number of para-hydroxylation sites is 1. The van der Waals surface area contributed by atoms with Gasteiger partial charge in [-0.05, 0) is 12.1 Å². The van der Waals surface area contributed by atoms with E-state index >= 15 is 0 Å². The topological polar surface area (TPSA) is 47.6 Å². The first-order valence-electron chi connectivity index (χ1n) is 3.84. The number of hydrogen-bond acceptors (Lipinski definition) is 4. The summed E-state index contributed by atoms with van der Waals surface area (Å²) in [6.07, 6.45) is 0. The SMILES string of the molecule is COC(=O)CNOc1ccccc1. The highest BCUT2D eigenvalue weighted by atomic mass is 16.6. The number of esters is 1. The fourth-order valence-corrected chi connectivity index (χ4v) is 0.739. The first-order valence-corrected chi connectivity index (χ1v) is 3.84. The molecule has 1 rings (SSSR count). The average molecular weight is 181 g/mol. The van der Waals surface area contributed by atoms with Gasteiger partial charge in [-0.15, -0.1) is 5.48 Å². The van der Waals surface area contributed by atoms with Crippen molar-refractivity contribution in [1.82, 2.24) is 5.48 Å². The summed E-state index contributed by atoms with van der Waals surface area (Å²) in [5.41, 5.74) is 2.48. The van der Waals surface area contributed by atoms with Gasteiger partial charge in [0.1, 0.15) is 12.3 Å². The second-order valence-corrected chi connectivity index (χ2v) is 2.31. The summed E-state index contributed by atoms with van der Waals surface area (Å²) in [7, 11) is 1.33. The van der Waals surface area contributed by atoms with Gasteiger partial charge in [-0.3, -0.25) is 4.79 Å². The number of methoxy groups -OCH3 is 1. The second kappa shape index (κ2) is 5.16. The van der Waals surface area contributed by atoms with Crippen molar-refractivity contribution in [1.29, 1.82) is 0 Å². The highest BCUT2D eigenvalue weighted by Gasteiger charge is 1.98. The van der Waals surface area contributed by atoms with Crippen LogP contribution in [0.2, 0.25) is 0 Å². The van der Waals surface area contributed by atoms with Crippen LogP contribution in [-0.2, 0) is 9.53 Å². The lowest BCUT2D eigenvalue weighted by molar-refractivity contribution is -0.140. The molecule has 4 nitrogen and oxygen atoms in total. The van der Waals surface area contributed by atoms with Gasteiger partial charge in [0, 0.05) is 0 Å². The molecule has 70 valence electrons. The Balaban J connectivity index is 2.24. The van der Waals surface area contributed by atoms with Crippen LogP contribution in [0.3, 0.4) is 0 Å². The molecule has 0 unspecified atom stereocenters. The maximum Gasteiger partial charge on any atom is 0.323 e. The Morgan fingerprint density at radius 1 is 1.38 bits per heavy atom. The lowest BCUT2D eigenvalue weighted by Crippen LogP contribution is -2.26. The minimum absolute atomic E-state index is 0.0331. The Morgan fingerprint density at radius 2 is 2.08 bits per heavy atom. The van der Waals surface area contributed by atoms with E-state index in [2.05, 4.69) is 10.2 Å². The molecule has 0 aliphatic carbocycles. The van der Waals surface area contributed by atoms with Crippen molar-refractivity contribution in [3.8, 4) is 5.75 Å². The van der Waals surface area contributed by atoms with E-state index in [1.54, 1.807) is 12.1 Å². The molecule has 4 heteroatoms. The molecule has 0 radical (unpaired) electrons. The van der Waals surface area contributed by atoms with Crippen LogP contribution in [0.15, 0.2) is 30.3 Å². The van der Waals surface area contributed by atoms with Crippen LogP contribution in [0.4, 0.5) is 0 Å². The van der Waals surface area contributed by atoms with Gasteiger partial charge in [-0.1, -0.05) is 18.2 Å². The Morgan fingerprint density at radius 3 is 2.69 bits per heavy atom. The molecule has 0 bridgehead atoms. The second-order valence-electron chi connectivity index (χ2n) is 2.31. The van der Waals surface area contributed by atoms with Gasteiger partial charge in [-0.2, -0.15) is 0 Å². The van der Waals surface area contributed by atoms with Gasteiger partial charge in [0.2, 0.25) is 0 Å². The zero-order valence-electron chi connectivity index (χ0n) is 7.32. The van der Waals surface area contributed by atoms with Gasteiger partial charge in [0.15, 0.2) is 0 Å². The largest absolute Gasteiger partial charge is 0.468 e. The van der Waals surface area contributed by atoms with Crippen LogP contribution in [0.25, 0.3) is 0 Å². The summed E-state index contributed by atoms with van der Waals surface area (Å²) in [5.74, 6) is 0.294. The van der Waals surface area contributed by atoms with Crippen LogP contribution in [-0.4, -0.2) is 19.6 Å². The third-order valence-corrected chi connectivity index (χ3v) is 1.38. The van der Waals surface area contributed by atoms with E-state index in [0.29, 0.717) is 5.75 Å². The van der Waals surface area contributed by atoms with E-state index in [1.165, 1.54) is 7.11 Å². The minimum atomic E-state index is -0.365. The summed E-state index contributed by atoms with van der Waals surface area (Å²) in [6, 6.07) is 9.13. The fraction of sp³-hybridized carbons (Fsp3) is 0.222. The predicted molar refractivity (Wildman–Crippen MR) is 47.1 cm³/mol. The minimum Gasteiger partial charge on any atom is -0.468 e. The van der Waals surface area contributed by atoms with Crippen molar-refractivity contribution in [3.63, 3.8) is 0 Å². The highest BCUT2D eigenvalue weighted by molar-refractivity contribution is 5.71. The molecule has 0 aliphatic rings. The standard InChI is InChI=1S/C9H11NO3/c1-12-9(11)7-10-13-8-5-3-2-4-6-8/h2-6,10H,7H2,1H3. The van der Waals surface area contributed by atoms with E-state index in [4.69, 9.17) is 4.84 Å². The van der Waals surface area contributed by atoms with Crippen molar-refractivity contribution >= 4 is 5.97 Å². The van der Waals surface area contributed by atoms with Crippen LogP contribution < -0.4 is 10.3 Å². The number of benzene rings is 1. The van der Waals surface area contributed by atoms with Crippen molar-refractivity contribution in [3.05, 3.63) is 30.3 Å². The zero-order valence-corrected chi connectivity index (χ0v) is 7.32. The lowest BCUT2D eigenvalue weighted by atomic mass is 10.3. The van der Waals surface area contributed by atoms with Gasteiger partial charge < -0.3 is 9.57 Å². The summed E-state index contributed by atoms with van der Waals surface area (Å²) >= 11 is 0. The summed E-state index contributed by atoms with van der Waals surface area (Å²) in [4.78, 5) is 15.7. The zero-order chi connectivity index (χ0) is 9.52. The molecule has 0 amide bonds. The van der Waals surface area contributed by atoms with Gasteiger partial charge in [0.25, 0.3) is 0 Å². The van der Waals surface area contributed by atoms with Crippen LogP contribution >= 0.6 is 0 Å². The molecule has 1 aromatic rings. The molecule has 0 heterocycles. The number of carbonyl (C=O) groups is 1. The quantitative estimate of drug-likeness (QED) is 0.550. The number of ether oxygens (including phenoxy) is 1. The number of nitrogens with one attached hydrogen (secondary N) is 1. The third-order valence-electron chi connectivity index (χ3n) is 1.38. The Kier molecular flexibility index (Phi) is 3.78. The normalized spacial score (nSPS) is 9.31. The molecular weight excluding hydrogens is 170 g/mol. The van der Waals surface area contributed by atoms with E-state index in [0.717, 1.165) is 0 Å². The van der Waals surface area contributed by atoms with Crippen LogP contribution in [0.1, 0.15) is 0 Å². The Hall–Kier alpha value is -1.55. The molecular formula is C9H11NO3. The fourth-order valence-electron chi connectivity index (χ4n) is 0.739. The van der Waals surface area contributed by atoms with Crippen molar-refractivity contribution in [2.45, 2.75) is 0 Å². The van der Waals surface area contributed by atoms with Crippen molar-refractivity contribution < 1.29 is 14.4 Å². The van der Waals surface area contributed by atoms with E-state index < -0.39 is 0 Å². The Labute approximate surface area is 76.4 Å². The summed E-state index contributed by atoms with van der Waals surface area (Å²) in [5, 5.41) is 0. The molecule has 0 aliphatic heterocycles. The molecule has 13 heavy (non-hydrogen) atoms. The molecule has 1 aromatic carbocycles. The first kappa shape index (κ1) is 9.54. The average Bonchev–Trinajstić information content (AvgIpc) is 2.19. The van der Waals surface area contributed by atoms with E-state index in [-0.39, 0.29) is 12.5 Å². The maximum atomic E-state index is 10.6. The van der Waals surface area contributed by atoms with E-state index in [9.17, 15) is 4.79 Å². The van der Waals surface area contributed by atoms with Crippen LogP contribution in [0.5, 0.6) is 5.75 Å². The third kappa shape index (κ3) is 3.57. The molecule has 0 spiro atoms. The Bertz CT molecular complexity index is 261. The molecule has 0 saturated heterocycles. The monoisotopic (exact) mass is 181 g/mol. The number of hydroxylamine groups is 1. The van der Waals surface area contributed by atoms with Crippen LogP contribution in [0, 0.1) is 0 Å². The summed E-state index contributed by atoms with van der Waals surface area (Å²) in [6.45, 7) is 0.0331. The highest BCUT2D eigenvalue weighted by Crippen LogP contribution is 2.05. The summed E-state index contributed by atoms with van der Waals surface area (Å²) < 4.78 is 4.41. The van der Waals surface area contributed by atoms with Crippen molar-refractivity contribution in [2.75, 3.05) is 13.7 Å². The van der Waals surface area contributed by atoms with Gasteiger partial charge in [-0.25, -0.2) is 0 Å². The molecule has 0 fully saturated rings. The molecule has 1 N–H and O–H groups in total. The smallest absolute Gasteiger partial charge is 0.323 e. The maximum absolute atomic E-state index is 10.6. The van der Waals surface area contributed by atoms with E-state index in [1.807, 2.05) is 18.2 Å². The van der Waals surface area contributed by atoms with Crippen molar-refractivity contribution in [2.24, 2.45) is 0 Å². The first-order chi connectivity index (χ1) is 6.33.